The Morgan fingerprint density at radius 2 is 1.06 bits per heavy atom. The van der Waals surface area contributed by atoms with Gasteiger partial charge in [0, 0.05) is 0 Å². The first-order chi connectivity index (χ1) is 15.9. The maximum atomic E-state index is 11.2. The monoisotopic (exact) mass is 454 g/mol. The number of aromatic hydroxyl groups is 1. The second-order valence-corrected chi connectivity index (χ2v) is 11.1. The van der Waals surface area contributed by atoms with Gasteiger partial charge in [-0.25, -0.2) is 9.97 Å². The van der Waals surface area contributed by atoms with Gasteiger partial charge in [-0.05, 0) is 70.8 Å². The normalized spacial score (nSPS) is 12.7. The standard InChI is InChI=1S/C29H30N2O3/c1-16-12-19(26-30-21-14-17(28(2,3)4)8-10-23(21)33-26)25(32)20(13-16)27-31-22-15-18(29(5,6)7)9-11-24(22)34-27/h8-15,32H,1-7H3. The highest BCUT2D eigenvalue weighted by Gasteiger charge is 2.22. The molecule has 174 valence electrons. The van der Waals surface area contributed by atoms with E-state index in [1.807, 2.05) is 43.3 Å². The van der Waals surface area contributed by atoms with Gasteiger partial charge in [0.2, 0.25) is 11.8 Å². The number of phenolic OH excluding ortho intramolecular Hbond substituents is 1. The van der Waals surface area contributed by atoms with Crippen LogP contribution in [0.3, 0.4) is 0 Å². The third-order valence-electron chi connectivity index (χ3n) is 6.22. The molecule has 2 aromatic heterocycles. The van der Waals surface area contributed by atoms with Gasteiger partial charge in [0.05, 0.1) is 11.1 Å². The fraction of sp³-hybridized carbons (Fsp3) is 0.310. The van der Waals surface area contributed by atoms with E-state index in [4.69, 9.17) is 18.8 Å². The van der Waals surface area contributed by atoms with Crippen molar-refractivity contribution in [1.82, 2.24) is 9.97 Å². The molecule has 1 N–H and O–H groups in total. The van der Waals surface area contributed by atoms with Gasteiger partial charge in [-0.15, -0.1) is 0 Å². The lowest BCUT2D eigenvalue weighted by atomic mass is 9.87. The average molecular weight is 455 g/mol. The Morgan fingerprint density at radius 1 is 0.647 bits per heavy atom. The topological polar surface area (TPSA) is 72.3 Å². The second kappa shape index (κ2) is 7.45. The lowest BCUT2D eigenvalue weighted by Gasteiger charge is -2.18. The summed E-state index contributed by atoms with van der Waals surface area (Å²) in [6.45, 7) is 15.0. The van der Waals surface area contributed by atoms with E-state index in [0.29, 0.717) is 34.1 Å². The smallest absolute Gasteiger partial charge is 0.231 e. The molecular formula is C29H30N2O3. The predicted octanol–water partition coefficient (Wildman–Crippen LogP) is 7.91. The van der Waals surface area contributed by atoms with Crippen molar-refractivity contribution in [2.24, 2.45) is 0 Å². The fourth-order valence-electron chi connectivity index (χ4n) is 4.12. The number of hydrogen-bond donors (Lipinski definition) is 1. The molecule has 5 nitrogen and oxygen atoms in total. The highest BCUT2D eigenvalue weighted by Crippen LogP contribution is 2.41. The van der Waals surface area contributed by atoms with E-state index in [1.165, 1.54) is 11.1 Å². The molecule has 0 radical (unpaired) electrons. The highest BCUT2D eigenvalue weighted by atomic mass is 16.4. The molecular weight excluding hydrogens is 424 g/mol. The maximum absolute atomic E-state index is 11.2. The van der Waals surface area contributed by atoms with Crippen LogP contribution in [-0.2, 0) is 10.8 Å². The predicted molar refractivity (Wildman–Crippen MR) is 136 cm³/mol. The zero-order valence-electron chi connectivity index (χ0n) is 20.8. The van der Waals surface area contributed by atoms with Crippen LogP contribution in [0.5, 0.6) is 5.75 Å². The molecule has 0 unspecified atom stereocenters. The molecule has 0 aliphatic rings. The van der Waals surface area contributed by atoms with Gasteiger partial charge in [-0.3, -0.25) is 0 Å². The minimum absolute atomic E-state index is 0.00572. The zero-order chi connectivity index (χ0) is 24.4. The Balaban J connectivity index is 1.62. The van der Waals surface area contributed by atoms with E-state index in [-0.39, 0.29) is 16.6 Å². The van der Waals surface area contributed by atoms with Crippen molar-refractivity contribution in [3.8, 4) is 28.7 Å². The van der Waals surface area contributed by atoms with Crippen LogP contribution in [0.1, 0.15) is 58.2 Å². The molecule has 5 aromatic rings. The van der Waals surface area contributed by atoms with Crippen LogP contribution >= 0.6 is 0 Å². The van der Waals surface area contributed by atoms with Crippen LogP contribution in [0.4, 0.5) is 0 Å². The highest BCUT2D eigenvalue weighted by molar-refractivity contribution is 5.84. The van der Waals surface area contributed by atoms with Crippen molar-refractivity contribution in [3.63, 3.8) is 0 Å². The van der Waals surface area contributed by atoms with Gasteiger partial charge >= 0.3 is 0 Å². The molecule has 5 heteroatoms. The van der Waals surface area contributed by atoms with Crippen molar-refractivity contribution < 1.29 is 13.9 Å². The Hall–Kier alpha value is -3.60. The summed E-state index contributed by atoms with van der Waals surface area (Å²) < 4.78 is 12.1. The van der Waals surface area contributed by atoms with Crippen LogP contribution in [0, 0.1) is 6.92 Å². The van der Waals surface area contributed by atoms with Gasteiger partial charge < -0.3 is 13.9 Å². The Kier molecular flexibility index (Phi) is 4.87. The summed E-state index contributed by atoms with van der Waals surface area (Å²) in [6.07, 6.45) is 0. The summed E-state index contributed by atoms with van der Waals surface area (Å²) in [6, 6.07) is 15.8. The van der Waals surface area contributed by atoms with E-state index >= 15 is 0 Å². The minimum atomic E-state index is 0.00572. The quantitative estimate of drug-likeness (QED) is 0.293. The number of rotatable bonds is 2. The largest absolute Gasteiger partial charge is 0.506 e. The van der Waals surface area contributed by atoms with Crippen LogP contribution < -0.4 is 0 Å². The van der Waals surface area contributed by atoms with Crippen LogP contribution in [0.15, 0.2) is 57.4 Å². The molecule has 5 rings (SSSR count). The van der Waals surface area contributed by atoms with E-state index in [2.05, 4.69) is 53.7 Å². The number of benzene rings is 3. The third-order valence-corrected chi connectivity index (χ3v) is 6.22. The Labute approximate surface area is 199 Å². The molecule has 3 aromatic carbocycles. The molecule has 2 heterocycles. The van der Waals surface area contributed by atoms with E-state index in [9.17, 15) is 5.11 Å². The van der Waals surface area contributed by atoms with Gasteiger partial charge in [-0.2, -0.15) is 0 Å². The van der Waals surface area contributed by atoms with E-state index in [1.54, 1.807) is 0 Å². The van der Waals surface area contributed by atoms with Crippen molar-refractivity contribution in [2.45, 2.75) is 59.3 Å². The average Bonchev–Trinajstić information content (AvgIpc) is 3.36. The molecule has 0 saturated heterocycles. The molecule has 0 bridgehead atoms. The van der Waals surface area contributed by atoms with Crippen molar-refractivity contribution in [1.29, 1.82) is 0 Å². The summed E-state index contributed by atoms with van der Waals surface area (Å²) in [7, 11) is 0. The number of oxazole rings is 2. The summed E-state index contributed by atoms with van der Waals surface area (Å²) in [5.41, 5.74) is 7.23. The summed E-state index contributed by atoms with van der Waals surface area (Å²) >= 11 is 0. The number of hydrogen-bond acceptors (Lipinski definition) is 5. The Bertz CT molecular complexity index is 1430. The first-order valence-corrected chi connectivity index (χ1v) is 11.6. The van der Waals surface area contributed by atoms with E-state index < -0.39 is 0 Å². The Morgan fingerprint density at radius 3 is 1.44 bits per heavy atom. The van der Waals surface area contributed by atoms with Gasteiger partial charge in [0.25, 0.3) is 0 Å². The van der Waals surface area contributed by atoms with Crippen LogP contribution in [0.25, 0.3) is 45.1 Å². The first kappa shape index (κ1) is 22.2. The molecule has 0 saturated carbocycles. The number of aryl methyl sites for hydroxylation is 1. The maximum Gasteiger partial charge on any atom is 0.231 e. The molecule has 0 aliphatic heterocycles. The number of aromatic nitrogens is 2. The lowest BCUT2D eigenvalue weighted by molar-refractivity contribution is 0.472. The third kappa shape index (κ3) is 3.85. The first-order valence-electron chi connectivity index (χ1n) is 11.6. The van der Waals surface area contributed by atoms with Gasteiger partial charge in [0.1, 0.15) is 16.8 Å². The van der Waals surface area contributed by atoms with Gasteiger partial charge in [-0.1, -0.05) is 53.7 Å². The number of phenols is 1. The molecule has 0 atom stereocenters. The summed E-state index contributed by atoms with van der Waals surface area (Å²) in [5, 5.41) is 11.2. The molecule has 34 heavy (non-hydrogen) atoms. The fourth-order valence-corrected chi connectivity index (χ4v) is 4.12. The molecule has 0 fully saturated rings. The van der Waals surface area contributed by atoms with Crippen molar-refractivity contribution >= 4 is 22.2 Å². The SMILES string of the molecule is Cc1cc(-c2nc3cc(C(C)(C)C)ccc3o2)c(O)c(-c2nc3cc(C(C)(C)C)ccc3o2)c1. The van der Waals surface area contributed by atoms with Crippen molar-refractivity contribution in [3.05, 3.63) is 65.2 Å². The van der Waals surface area contributed by atoms with Gasteiger partial charge in [0.15, 0.2) is 11.2 Å². The summed E-state index contributed by atoms with van der Waals surface area (Å²) in [5.74, 6) is 0.778. The number of nitrogens with zero attached hydrogens (tertiary/aromatic N) is 2. The minimum Gasteiger partial charge on any atom is -0.506 e. The molecule has 0 amide bonds. The summed E-state index contributed by atoms with van der Waals surface area (Å²) in [4.78, 5) is 9.40. The molecule has 0 aliphatic carbocycles. The number of fused-ring (bicyclic) bond motifs is 2. The van der Waals surface area contributed by atoms with Crippen molar-refractivity contribution in [2.75, 3.05) is 0 Å². The van der Waals surface area contributed by atoms with Crippen LogP contribution in [0.2, 0.25) is 0 Å². The zero-order valence-corrected chi connectivity index (χ0v) is 20.8. The van der Waals surface area contributed by atoms with Crippen LogP contribution in [-0.4, -0.2) is 15.1 Å². The second-order valence-electron chi connectivity index (χ2n) is 11.1. The lowest BCUT2D eigenvalue weighted by Crippen LogP contribution is -2.10. The van der Waals surface area contributed by atoms with E-state index in [0.717, 1.165) is 16.6 Å². The molecule has 0 spiro atoms.